The standard InChI is InChI=1S/C14H16BrN3OS/c1-14(16,10-2-4-11(15)5-3-10)13(19)17-7-6-12-8-20-9-18-12/h2-5,8-9H,6-7,16H2,1H3,(H,17,19). The van der Waals surface area contributed by atoms with E-state index in [2.05, 4.69) is 26.2 Å². The van der Waals surface area contributed by atoms with Crippen LogP contribution >= 0.6 is 27.3 Å². The van der Waals surface area contributed by atoms with Crippen molar-refractivity contribution in [2.75, 3.05) is 6.54 Å². The van der Waals surface area contributed by atoms with Gasteiger partial charge in [-0.25, -0.2) is 4.98 Å². The number of carbonyl (C=O) groups excluding carboxylic acids is 1. The number of carbonyl (C=O) groups is 1. The normalized spacial score (nSPS) is 13.8. The number of hydrogen-bond acceptors (Lipinski definition) is 4. The summed E-state index contributed by atoms with van der Waals surface area (Å²) in [7, 11) is 0. The van der Waals surface area contributed by atoms with Gasteiger partial charge in [0.05, 0.1) is 11.2 Å². The lowest BCUT2D eigenvalue weighted by atomic mass is 9.92. The Balaban J connectivity index is 1.94. The molecule has 0 bridgehead atoms. The maximum Gasteiger partial charge on any atom is 0.244 e. The van der Waals surface area contributed by atoms with Gasteiger partial charge in [0.25, 0.3) is 0 Å². The first-order valence-corrected chi connectivity index (χ1v) is 7.94. The first-order valence-electron chi connectivity index (χ1n) is 6.20. The van der Waals surface area contributed by atoms with E-state index >= 15 is 0 Å². The number of hydrogen-bond donors (Lipinski definition) is 2. The lowest BCUT2D eigenvalue weighted by molar-refractivity contribution is -0.126. The molecule has 1 amide bonds. The quantitative estimate of drug-likeness (QED) is 0.867. The van der Waals surface area contributed by atoms with Gasteiger partial charge >= 0.3 is 0 Å². The molecule has 0 radical (unpaired) electrons. The number of amides is 1. The van der Waals surface area contributed by atoms with Crippen molar-refractivity contribution in [3.05, 3.63) is 50.9 Å². The summed E-state index contributed by atoms with van der Waals surface area (Å²) >= 11 is 4.92. The molecule has 0 aliphatic carbocycles. The number of rotatable bonds is 5. The molecule has 2 aromatic rings. The van der Waals surface area contributed by atoms with Gasteiger partial charge in [0.15, 0.2) is 0 Å². The Bertz CT molecular complexity index is 567. The molecule has 106 valence electrons. The second-order valence-electron chi connectivity index (χ2n) is 4.69. The van der Waals surface area contributed by atoms with Crippen molar-refractivity contribution < 1.29 is 4.79 Å². The van der Waals surface area contributed by atoms with E-state index in [1.807, 2.05) is 29.6 Å². The molecule has 1 aromatic carbocycles. The van der Waals surface area contributed by atoms with E-state index in [1.165, 1.54) is 0 Å². The largest absolute Gasteiger partial charge is 0.354 e. The van der Waals surface area contributed by atoms with E-state index in [4.69, 9.17) is 5.73 Å². The average molecular weight is 354 g/mol. The second-order valence-corrected chi connectivity index (χ2v) is 6.33. The third-order valence-electron chi connectivity index (χ3n) is 3.07. The molecule has 1 heterocycles. The SMILES string of the molecule is CC(N)(C(=O)NCCc1cscn1)c1ccc(Br)cc1. The third kappa shape index (κ3) is 3.65. The topological polar surface area (TPSA) is 68.0 Å². The molecule has 4 nitrogen and oxygen atoms in total. The number of nitrogens with zero attached hydrogens (tertiary/aromatic N) is 1. The van der Waals surface area contributed by atoms with E-state index in [9.17, 15) is 4.79 Å². The fraction of sp³-hybridized carbons (Fsp3) is 0.286. The van der Waals surface area contributed by atoms with Crippen LogP contribution in [0.1, 0.15) is 18.2 Å². The molecule has 6 heteroatoms. The molecule has 0 aliphatic heterocycles. The Hall–Kier alpha value is -1.24. The molecule has 0 saturated carbocycles. The maximum atomic E-state index is 12.2. The van der Waals surface area contributed by atoms with Crippen molar-refractivity contribution in [2.45, 2.75) is 18.9 Å². The van der Waals surface area contributed by atoms with Gasteiger partial charge in [-0.1, -0.05) is 28.1 Å². The minimum absolute atomic E-state index is 0.185. The molecule has 2 rings (SSSR count). The Labute approximate surface area is 130 Å². The average Bonchev–Trinajstić information content (AvgIpc) is 2.92. The number of nitrogens with one attached hydrogen (secondary N) is 1. The molecule has 0 aliphatic rings. The van der Waals surface area contributed by atoms with Crippen molar-refractivity contribution in [2.24, 2.45) is 5.73 Å². The van der Waals surface area contributed by atoms with E-state index in [-0.39, 0.29) is 5.91 Å². The van der Waals surface area contributed by atoms with Crippen LogP contribution in [0.5, 0.6) is 0 Å². The fourth-order valence-electron chi connectivity index (χ4n) is 1.78. The molecule has 1 atom stereocenters. The molecule has 0 saturated heterocycles. The van der Waals surface area contributed by atoms with E-state index < -0.39 is 5.54 Å². The van der Waals surface area contributed by atoms with Gasteiger partial charge in [-0.2, -0.15) is 0 Å². The number of nitrogens with two attached hydrogens (primary N) is 1. The minimum atomic E-state index is -1.04. The number of aromatic nitrogens is 1. The highest BCUT2D eigenvalue weighted by Gasteiger charge is 2.30. The summed E-state index contributed by atoms with van der Waals surface area (Å²) < 4.78 is 0.959. The molecule has 1 unspecified atom stereocenters. The molecular formula is C14H16BrN3OS. The minimum Gasteiger partial charge on any atom is -0.354 e. The van der Waals surface area contributed by atoms with Gasteiger partial charge in [-0.3, -0.25) is 4.79 Å². The summed E-state index contributed by atoms with van der Waals surface area (Å²) in [5.74, 6) is -0.185. The fourth-order valence-corrected chi connectivity index (χ4v) is 2.63. The van der Waals surface area contributed by atoms with Crippen LogP contribution in [-0.2, 0) is 16.8 Å². The van der Waals surface area contributed by atoms with E-state index in [1.54, 1.807) is 23.8 Å². The Morgan fingerprint density at radius 1 is 1.45 bits per heavy atom. The van der Waals surface area contributed by atoms with Crippen LogP contribution in [0.25, 0.3) is 0 Å². The van der Waals surface area contributed by atoms with Crippen LogP contribution in [0.3, 0.4) is 0 Å². The van der Waals surface area contributed by atoms with Crippen LogP contribution in [-0.4, -0.2) is 17.4 Å². The van der Waals surface area contributed by atoms with Crippen LogP contribution in [0.4, 0.5) is 0 Å². The predicted molar refractivity (Wildman–Crippen MR) is 84.5 cm³/mol. The zero-order chi connectivity index (χ0) is 14.6. The van der Waals surface area contributed by atoms with Gasteiger partial charge in [0.2, 0.25) is 5.91 Å². The summed E-state index contributed by atoms with van der Waals surface area (Å²) in [5.41, 5.74) is 8.66. The molecular weight excluding hydrogens is 338 g/mol. The van der Waals surface area contributed by atoms with Gasteiger partial charge < -0.3 is 11.1 Å². The van der Waals surface area contributed by atoms with Crippen LogP contribution < -0.4 is 11.1 Å². The zero-order valence-electron chi connectivity index (χ0n) is 11.1. The summed E-state index contributed by atoms with van der Waals surface area (Å²) in [6.07, 6.45) is 0.714. The van der Waals surface area contributed by atoms with Crippen LogP contribution in [0, 0.1) is 0 Å². The van der Waals surface area contributed by atoms with Crippen LogP contribution in [0.2, 0.25) is 0 Å². The van der Waals surface area contributed by atoms with Gasteiger partial charge in [0, 0.05) is 22.8 Å². The predicted octanol–water partition coefficient (Wildman–Crippen LogP) is 2.44. The smallest absolute Gasteiger partial charge is 0.244 e. The summed E-state index contributed by atoms with van der Waals surface area (Å²) in [6, 6.07) is 7.46. The lowest BCUT2D eigenvalue weighted by Crippen LogP contribution is -2.49. The zero-order valence-corrected chi connectivity index (χ0v) is 13.5. The highest BCUT2D eigenvalue weighted by atomic mass is 79.9. The Morgan fingerprint density at radius 2 is 2.15 bits per heavy atom. The van der Waals surface area contributed by atoms with Gasteiger partial charge in [0.1, 0.15) is 5.54 Å². The van der Waals surface area contributed by atoms with Gasteiger partial charge in [-0.05, 0) is 24.6 Å². The Kier molecular flexibility index (Phi) is 4.91. The molecule has 20 heavy (non-hydrogen) atoms. The monoisotopic (exact) mass is 353 g/mol. The first-order chi connectivity index (χ1) is 9.50. The lowest BCUT2D eigenvalue weighted by Gasteiger charge is -2.24. The van der Waals surface area contributed by atoms with Gasteiger partial charge in [-0.15, -0.1) is 11.3 Å². The summed E-state index contributed by atoms with van der Waals surface area (Å²) in [4.78, 5) is 16.4. The highest BCUT2D eigenvalue weighted by molar-refractivity contribution is 9.10. The number of halogens is 1. The third-order valence-corrected chi connectivity index (χ3v) is 4.23. The van der Waals surface area contributed by atoms with Crippen molar-refractivity contribution >= 4 is 33.2 Å². The van der Waals surface area contributed by atoms with Crippen LogP contribution in [0.15, 0.2) is 39.6 Å². The van der Waals surface area contributed by atoms with E-state index in [0.717, 1.165) is 15.7 Å². The van der Waals surface area contributed by atoms with E-state index in [0.29, 0.717) is 13.0 Å². The Morgan fingerprint density at radius 3 is 2.75 bits per heavy atom. The number of benzene rings is 1. The highest BCUT2D eigenvalue weighted by Crippen LogP contribution is 2.20. The van der Waals surface area contributed by atoms with Crippen molar-refractivity contribution in [1.82, 2.24) is 10.3 Å². The molecule has 3 N–H and O–H groups in total. The molecule has 0 fully saturated rings. The second kappa shape index (κ2) is 6.47. The maximum absolute atomic E-state index is 12.2. The molecule has 1 aromatic heterocycles. The number of thiazole rings is 1. The first kappa shape index (κ1) is 15.2. The summed E-state index contributed by atoms with van der Waals surface area (Å²) in [6.45, 7) is 2.25. The van der Waals surface area contributed by atoms with Crippen molar-refractivity contribution in [3.8, 4) is 0 Å². The van der Waals surface area contributed by atoms with Crippen molar-refractivity contribution in [3.63, 3.8) is 0 Å². The molecule has 0 spiro atoms. The van der Waals surface area contributed by atoms with Crippen molar-refractivity contribution in [1.29, 1.82) is 0 Å². The summed E-state index contributed by atoms with van der Waals surface area (Å²) in [5, 5.41) is 4.84.